The van der Waals surface area contributed by atoms with Crippen LogP contribution < -0.4 is 20.7 Å². The van der Waals surface area contributed by atoms with Crippen LogP contribution in [-0.4, -0.2) is 38.4 Å². The summed E-state index contributed by atoms with van der Waals surface area (Å²) in [6.45, 7) is 0. The Kier molecular flexibility index (Phi) is 5.60. The first kappa shape index (κ1) is 22.5. The van der Waals surface area contributed by atoms with Gasteiger partial charge in [0.1, 0.15) is 11.6 Å². The number of aromatic nitrogens is 3. The highest BCUT2D eigenvalue weighted by atomic mass is 35.5. The molecular weight excluding hydrogens is 484 g/mol. The highest BCUT2D eigenvalue weighted by Gasteiger charge is 2.26. The maximum Gasteiger partial charge on any atom is 0.254 e. The molecule has 0 spiro atoms. The van der Waals surface area contributed by atoms with Crippen molar-refractivity contribution in [3.8, 4) is 11.6 Å². The van der Waals surface area contributed by atoms with E-state index < -0.39 is 5.91 Å². The van der Waals surface area contributed by atoms with Crippen LogP contribution in [0.15, 0.2) is 36.0 Å². The van der Waals surface area contributed by atoms with E-state index in [-0.39, 0.29) is 18.2 Å². The van der Waals surface area contributed by atoms with Gasteiger partial charge in [0.15, 0.2) is 5.65 Å². The second kappa shape index (κ2) is 8.94. The molecule has 3 amide bonds. The first-order chi connectivity index (χ1) is 17.4. The Morgan fingerprint density at radius 2 is 2.06 bits per heavy atom. The van der Waals surface area contributed by atoms with Crippen molar-refractivity contribution < 1.29 is 19.1 Å². The Morgan fingerprint density at radius 3 is 2.75 bits per heavy atom. The molecule has 2 saturated carbocycles. The van der Waals surface area contributed by atoms with Gasteiger partial charge < -0.3 is 15.4 Å². The van der Waals surface area contributed by atoms with Crippen LogP contribution in [0.4, 0.5) is 11.5 Å². The molecule has 3 aliphatic rings. The number of carbonyl (C=O) groups is 3. The first-order valence-corrected chi connectivity index (χ1v) is 12.3. The van der Waals surface area contributed by atoms with Gasteiger partial charge in [-0.05, 0) is 49.8 Å². The summed E-state index contributed by atoms with van der Waals surface area (Å²) in [7, 11) is 0. The van der Waals surface area contributed by atoms with Crippen LogP contribution >= 0.6 is 11.6 Å². The van der Waals surface area contributed by atoms with E-state index in [1.54, 1.807) is 41.1 Å². The molecule has 0 unspecified atom stereocenters. The average Bonchev–Trinajstić information content (AvgIpc) is 3.75. The molecule has 3 N–H and O–H groups in total. The zero-order valence-corrected chi connectivity index (χ0v) is 20.0. The number of nitrogens with zero attached hydrogens (tertiary/aromatic N) is 3. The minimum absolute atomic E-state index is 0.0155. The first-order valence-electron chi connectivity index (χ1n) is 11.9. The zero-order chi connectivity index (χ0) is 24.8. The Balaban J connectivity index is 1.28. The number of hydrogen-bond acceptors (Lipinski definition) is 7. The molecule has 0 bridgehead atoms. The topological polar surface area (TPSA) is 127 Å². The number of carbonyl (C=O) groups excluding carboxylic acids is 3. The summed E-state index contributed by atoms with van der Waals surface area (Å²) in [5, 5.41) is 13.3. The standard InChI is InChI=1S/C25H23ClN6O4/c26-18-10-17(5-6-19(18)29-21(33)7-13-1-2-13)36-23-11-20(28-16-3-4-16)32-24(31-23)15(12-27-32)8-14-9-22(34)30-25(14)35/h5-6,8,10-13,16,28H,1-4,7,9H2,(H,29,33)(H,30,34,35)/b14-8+. The molecule has 3 fully saturated rings. The maximum atomic E-state index is 12.1. The van der Waals surface area contributed by atoms with Gasteiger partial charge in [-0.25, -0.2) is 0 Å². The van der Waals surface area contributed by atoms with Crippen LogP contribution in [0.25, 0.3) is 11.7 Å². The van der Waals surface area contributed by atoms with Gasteiger partial charge >= 0.3 is 0 Å². The molecule has 6 rings (SSSR count). The summed E-state index contributed by atoms with van der Waals surface area (Å²) in [6, 6.07) is 7.14. The summed E-state index contributed by atoms with van der Waals surface area (Å²) in [5.74, 6) is 1.15. The number of ether oxygens (including phenoxy) is 1. The van der Waals surface area contributed by atoms with E-state index in [0.717, 1.165) is 25.7 Å². The Hall–Kier alpha value is -3.92. The summed E-state index contributed by atoms with van der Waals surface area (Å²) >= 11 is 6.41. The highest BCUT2D eigenvalue weighted by molar-refractivity contribution is 6.33. The fraction of sp³-hybridized carbons (Fsp3) is 0.320. The van der Waals surface area contributed by atoms with E-state index >= 15 is 0 Å². The van der Waals surface area contributed by atoms with Crippen molar-refractivity contribution in [1.82, 2.24) is 19.9 Å². The molecule has 2 aliphatic carbocycles. The maximum absolute atomic E-state index is 12.1. The smallest absolute Gasteiger partial charge is 0.254 e. The van der Waals surface area contributed by atoms with Crippen molar-refractivity contribution in [2.75, 3.05) is 10.6 Å². The number of amides is 3. The number of rotatable bonds is 8. The summed E-state index contributed by atoms with van der Waals surface area (Å²) in [4.78, 5) is 40.4. The van der Waals surface area contributed by atoms with Crippen LogP contribution in [0.2, 0.25) is 5.02 Å². The molecule has 36 heavy (non-hydrogen) atoms. The van der Waals surface area contributed by atoms with Gasteiger partial charge in [0.25, 0.3) is 5.91 Å². The van der Waals surface area contributed by atoms with Gasteiger partial charge in [-0.15, -0.1) is 0 Å². The van der Waals surface area contributed by atoms with E-state index in [4.69, 9.17) is 16.3 Å². The minimum Gasteiger partial charge on any atom is -0.439 e. The average molecular weight is 507 g/mol. The molecule has 3 heterocycles. The predicted molar refractivity (Wildman–Crippen MR) is 133 cm³/mol. The normalized spacial score (nSPS) is 18.5. The third kappa shape index (κ3) is 4.90. The Morgan fingerprint density at radius 1 is 1.22 bits per heavy atom. The van der Waals surface area contributed by atoms with Gasteiger partial charge in [-0.1, -0.05) is 11.6 Å². The van der Waals surface area contributed by atoms with Gasteiger partial charge in [-0.3, -0.25) is 19.7 Å². The molecule has 10 nitrogen and oxygen atoms in total. The lowest BCUT2D eigenvalue weighted by Gasteiger charge is -2.12. The van der Waals surface area contributed by atoms with Crippen molar-refractivity contribution in [1.29, 1.82) is 0 Å². The number of benzene rings is 1. The molecule has 1 aromatic carbocycles. The van der Waals surface area contributed by atoms with E-state index in [9.17, 15) is 14.4 Å². The van der Waals surface area contributed by atoms with Crippen LogP contribution in [0.5, 0.6) is 11.6 Å². The lowest BCUT2D eigenvalue weighted by atomic mass is 10.1. The van der Waals surface area contributed by atoms with E-state index in [0.29, 0.717) is 63.3 Å². The van der Waals surface area contributed by atoms with Crippen molar-refractivity contribution >= 4 is 52.6 Å². The third-order valence-electron chi connectivity index (χ3n) is 6.24. The summed E-state index contributed by atoms with van der Waals surface area (Å²) in [5.41, 5.74) is 1.95. The van der Waals surface area contributed by atoms with Crippen molar-refractivity contribution in [2.24, 2.45) is 5.92 Å². The second-order valence-electron chi connectivity index (χ2n) is 9.40. The van der Waals surface area contributed by atoms with Gasteiger partial charge in [0, 0.05) is 35.7 Å². The van der Waals surface area contributed by atoms with E-state index in [1.807, 2.05) is 0 Å². The second-order valence-corrected chi connectivity index (χ2v) is 9.80. The zero-order valence-electron chi connectivity index (χ0n) is 19.2. The quantitative estimate of drug-likeness (QED) is 0.312. The monoisotopic (exact) mass is 506 g/mol. The number of hydrogen-bond donors (Lipinski definition) is 3. The van der Waals surface area contributed by atoms with Crippen LogP contribution in [-0.2, 0) is 14.4 Å². The largest absolute Gasteiger partial charge is 0.439 e. The molecule has 2 aromatic heterocycles. The number of fused-ring (bicyclic) bond motifs is 1. The lowest BCUT2D eigenvalue weighted by Crippen LogP contribution is -2.19. The molecule has 184 valence electrons. The van der Waals surface area contributed by atoms with E-state index in [2.05, 4.69) is 26.0 Å². The number of halogens is 1. The van der Waals surface area contributed by atoms with Crippen molar-refractivity contribution in [3.05, 3.63) is 46.6 Å². The fourth-order valence-corrected chi connectivity index (χ4v) is 4.24. The molecule has 0 atom stereocenters. The molecule has 0 radical (unpaired) electrons. The number of imide groups is 1. The van der Waals surface area contributed by atoms with Gasteiger partial charge in [-0.2, -0.15) is 14.6 Å². The summed E-state index contributed by atoms with van der Waals surface area (Å²) in [6.07, 6.45) is 8.07. The highest BCUT2D eigenvalue weighted by Crippen LogP contribution is 2.35. The third-order valence-corrected chi connectivity index (χ3v) is 6.55. The van der Waals surface area contributed by atoms with Gasteiger partial charge in [0.05, 0.1) is 23.3 Å². The molecule has 3 aromatic rings. The van der Waals surface area contributed by atoms with Gasteiger partial charge in [0.2, 0.25) is 17.7 Å². The fourth-order valence-electron chi connectivity index (χ4n) is 4.03. The Bertz CT molecular complexity index is 1440. The van der Waals surface area contributed by atoms with Crippen molar-refractivity contribution in [2.45, 2.75) is 44.6 Å². The molecule has 1 aliphatic heterocycles. The van der Waals surface area contributed by atoms with Crippen LogP contribution in [0.1, 0.15) is 44.1 Å². The lowest BCUT2D eigenvalue weighted by molar-refractivity contribution is -0.124. The number of anilines is 2. The van der Waals surface area contributed by atoms with Crippen molar-refractivity contribution in [3.63, 3.8) is 0 Å². The van der Waals surface area contributed by atoms with E-state index in [1.165, 1.54) is 0 Å². The predicted octanol–water partition coefficient (Wildman–Crippen LogP) is 3.92. The van der Waals surface area contributed by atoms with Crippen LogP contribution in [0.3, 0.4) is 0 Å². The molecule has 1 saturated heterocycles. The molecular formula is C25H23ClN6O4. The summed E-state index contributed by atoms with van der Waals surface area (Å²) < 4.78 is 7.68. The minimum atomic E-state index is -0.415. The molecule has 11 heteroatoms. The number of nitrogens with one attached hydrogen (secondary N) is 3. The van der Waals surface area contributed by atoms with Crippen LogP contribution in [0, 0.1) is 5.92 Å². The SMILES string of the molecule is O=C1C/C(=C\c2cnn3c(NC4CC4)cc(Oc4ccc(NC(=O)CC5CC5)c(Cl)c4)nc23)C(=O)N1. The Labute approximate surface area is 211 Å².